The first-order valence-electron chi connectivity index (χ1n) is 10.5. The van der Waals surface area contributed by atoms with Crippen LogP contribution in [0, 0.1) is 0 Å². The number of hydrogen-bond acceptors (Lipinski definition) is 4. The molecule has 30 heavy (non-hydrogen) atoms. The lowest BCUT2D eigenvalue weighted by atomic mass is 9.90. The van der Waals surface area contributed by atoms with Crippen molar-refractivity contribution in [2.45, 2.75) is 49.4 Å². The molecule has 4 rings (SSSR count). The number of hydrogen-bond donors (Lipinski definition) is 1. The van der Waals surface area contributed by atoms with Gasteiger partial charge in [-0.25, -0.2) is 17.9 Å². The van der Waals surface area contributed by atoms with Crippen molar-refractivity contribution in [3.05, 3.63) is 60.2 Å². The lowest BCUT2D eigenvalue weighted by Crippen LogP contribution is -2.58. The predicted octanol–water partition coefficient (Wildman–Crippen LogP) is 3.58. The van der Waals surface area contributed by atoms with Gasteiger partial charge in [-0.05, 0) is 48.8 Å². The quantitative estimate of drug-likeness (QED) is 0.763. The van der Waals surface area contributed by atoms with Crippen molar-refractivity contribution in [2.75, 3.05) is 13.7 Å². The van der Waals surface area contributed by atoms with E-state index in [-0.39, 0.29) is 17.3 Å². The Hall–Kier alpha value is -2.38. The largest absolute Gasteiger partial charge is 0.453 e. The SMILES string of the molecule is COC(=O)N1CCC[C@H](NS(=O)(=O)C2CC2)[C@@H]1Cc1cccc(-c2ccccc2)c1. The van der Waals surface area contributed by atoms with Gasteiger partial charge in [0.25, 0.3) is 0 Å². The van der Waals surface area contributed by atoms with Crippen molar-refractivity contribution < 1.29 is 17.9 Å². The van der Waals surface area contributed by atoms with Crippen molar-refractivity contribution in [2.24, 2.45) is 0 Å². The number of likely N-dealkylation sites (tertiary alicyclic amines) is 1. The summed E-state index contributed by atoms with van der Waals surface area (Å²) in [4.78, 5) is 14.1. The fourth-order valence-electron chi connectivity index (χ4n) is 4.23. The predicted molar refractivity (Wildman–Crippen MR) is 117 cm³/mol. The summed E-state index contributed by atoms with van der Waals surface area (Å²) >= 11 is 0. The number of nitrogens with one attached hydrogen (secondary N) is 1. The molecule has 0 aromatic heterocycles. The van der Waals surface area contributed by atoms with Gasteiger partial charge in [0.2, 0.25) is 10.0 Å². The van der Waals surface area contributed by atoms with Gasteiger partial charge in [0.15, 0.2) is 0 Å². The number of piperidine rings is 1. The Morgan fingerprint density at radius 1 is 1.07 bits per heavy atom. The molecule has 2 atom stereocenters. The number of carbonyl (C=O) groups is 1. The fraction of sp³-hybridized carbons (Fsp3) is 0.435. The average Bonchev–Trinajstić information content (AvgIpc) is 3.61. The third-order valence-corrected chi connectivity index (χ3v) is 7.93. The van der Waals surface area contributed by atoms with E-state index in [1.54, 1.807) is 4.90 Å². The Kier molecular flexibility index (Phi) is 6.11. The number of nitrogens with zero attached hydrogens (tertiary/aromatic N) is 1. The molecular formula is C23H28N2O4S. The van der Waals surface area contributed by atoms with Crippen LogP contribution in [0.3, 0.4) is 0 Å². The van der Waals surface area contributed by atoms with E-state index in [1.165, 1.54) is 7.11 Å². The second-order valence-corrected chi connectivity index (χ2v) is 10.1. The van der Waals surface area contributed by atoms with E-state index in [4.69, 9.17) is 4.74 Å². The molecule has 1 heterocycles. The van der Waals surface area contributed by atoms with E-state index in [0.29, 0.717) is 32.2 Å². The molecule has 2 aliphatic rings. The fourth-order valence-corrected chi connectivity index (χ4v) is 5.87. The zero-order chi connectivity index (χ0) is 21.1. The lowest BCUT2D eigenvalue weighted by molar-refractivity contribution is 0.0792. The van der Waals surface area contributed by atoms with Crippen LogP contribution in [0.1, 0.15) is 31.2 Å². The van der Waals surface area contributed by atoms with Gasteiger partial charge in [-0.2, -0.15) is 0 Å². The van der Waals surface area contributed by atoms with Gasteiger partial charge < -0.3 is 9.64 Å². The van der Waals surface area contributed by atoms with Crippen LogP contribution in [0.15, 0.2) is 54.6 Å². The van der Waals surface area contributed by atoms with E-state index in [2.05, 4.69) is 29.0 Å². The molecule has 1 saturated carbocycles. The number of methoxy groups -OCH3 is 1. The first-order chi connectivity index (χ1) is 14.5. The Labute approximate surface area is 178 Å². The molecule has 2 aromatic rings. The zero-order valence-corrected chi connectivity index (χ0v) is 18.0. The maximum atomic E-state index is 12.6. The third-order valence-electron chi connectivity index (χ3n) is 5.95. The van der Waals surface area contributed by atoms with Gasteiger partial charge in [-0.15, -0.1) is 0 Å². The van der Waals surface area contributed by atoms with Crippen LogP contribution >= 0.6 is 0 Å². The molecule has 1 aliphatic heterocycles. The van der Waals surface area contributed by atoms with Crippen LogP contribution in [0.5, 0.6) is 0 Å². The third kappa shape index (κ3) is 4.68. The highest BCUT2D eigenvalue weighted by Crippen LogP contribution is 2.30. The summed E-state index contributed by atoms with van der Waals surface area (Å²) in [6.07, 6.45) is 3.04. The normalized spacial score (nSPS) is 22.0. The maximum absolute atomic E-state index is 12.6. The molecule has 2 aromatic carbocycles. The Bertz CT molecular complexity index is 989. The second-order valence-electron chi connectivity index (χ2n) is 8.11. The number of carbonyl (C=O) groups excluding carboxylic acids is 1. The number of amides is 1. The molecule has 0 bridgehead atoms. The molecule has 160 valence electrons. The van der Waals surface area contributed by atoms with Crippen LogP contribution < -0.4 is 4.72 Å². The minimum atomic E-state index is -3.35. The molecule has 7 heteroatoms. The molecular weight excluding hydrogens is 400 g/mol. The topological polar surface area (TPSA) is 75.7 Å². The average molecular weight is 429 g/mol. The van der Waals surface area contributed by atoms with Gasteiger partial charge in [0.1, 0.15) is 0 Å². The Balaban J connectivity index is 1.60. The summed E-state index contributed by atoms with van der Waals surface area (Å²) < 4.78 is 33.1. The van der Waals surface area contributed by atoms with E-state index in [1.807, 2.05) is 30.3 Å². The summed E-state index contributed by atoms with van der Waals surface area (Å²) in [6, 6.07) is 17.7. The van der Waals surface area contributed by atoms with E-state index < -0.39 is 16.1 Å². The second kappa shape index (κ2) is 8.78. The van der Waals surface area contributed by atoms with Gasteiger partial charge in [0.05, 0.1) is 18.4 Å². The molecule has 0 radical (unpaired) electrons. The maximum Gasteiger partial charge on any atom is 0.409 e. The van der Waals surface area contributed by atoms with Crippen LogP contribution in [0.4, 0.5) is 4.79 Å². The Morgan fingerprint density at radius 3 is 2.50 bits per heavy atom. The highest BCUT2D eigenvalue weighted by atomic mass is 32.2. The highest BCUT2D eigenvalue weighted by Gasteiger charge is 2.41. The number of sulfonamides is 1. The molecule has 0 unspecified atom stereocenters. The van der Waals surface area contributed by atoms with Crippen molar-refractivity contribution in [3.8, 4) is 11.1 Å². The lowest BCUT2D eigenvalue weighted by Gasteiger charge is -2.40. The zero-order valence-electron chi connectivity index (χ0n) is 17.2. The van der Waals surface area contributed by atoms with E-state index >= 15 is 0 Å². The molecule has 1 amide bonds. The monoisotopic (exact) mass is 428 g/mol. The van der Waals surface area contributed by atoms with Crippen LogP contribution in [0.25, 0.3) is 11.1 Å². The van der Waals surface area contributed by atoms with E-state index in [0.717, 1.165) is 23.1 Å². The number of ether oxygens (including phenoxy) is 1. The van der Waals surface area contributed by atoms with Gasteiger partial charge in [0, 0.05) is 12.6 Å². The van der Waals surface area contributed by atoms with Gasteiger partial charge >= 0.3 is 6.09 Å². The minimum absolute atomic E-state index is 0.284. The van der Waals surface area contributed by atoms with Gasteiger partial charge in [-0.3, -0.25) is 0 Å². The molecule has 0 spiro atoms. The summed E-state index contributed by atoms with van der Waals surface area (Å²) in [7, 11) is -1.98. The van der Waals surface area contributed by atoms with Crippen molar-refractivity contribution >= 4 is 16.1 Å². The summed E-state index contributed by atoms with van der Waals surface area (Å²) in [5, 5.41) is -0.284. The highest BCUT2D eigenvalue weighted by molar-refractivity contribution is 7.90. The first kappa shape index (κ1) is 20.9. The number of benzene rings is 2. The van der Waals surface area contributed by atoms with Crippen molar-refractivity contribution in [1.29, 1.82) is 0 Å². The van der Waals surface area contributed by atoms with Crippen LogP contribution in [-0.2, 0) is 21.2 Å². The first-order valence-corrected chi connectivity index (χ1v) is 12.0. The Morgan fingerprint density at radius 2 is 1.80 bits per heavy atom. The van der Waals surface area contributed by atoms with Crippen LogP contribution in [0.2, 0.25) is 0 Å². The van der Waals surface area contributed by atoms with Crippen LogP contribution in [-0.4, -0.2) is 50.4 Å². The molecule has 6 nitrogen and oxygen atoms in total. The van der Waals surface area contributed by atoms with Crippen molar-refractivity contribution in [3.63, 3.8) is 0 Å². The van der Waals surface area contributed by atoms with Gasteiger partial charge in [-0.1, -0.05) is 54.6 Å². The van der Waals surface area contributed by atoms with E-state index in [9.17, 15) is 13.2 Å². The molecule has 2 fully saturated rings. The summed E-state index contributed by atoms with van der Waals surface area (Å²) in [5.74, 6) is 0. The smallest absolute Gasteiger partial charge is 0.409 e. The molecule has 1 saturated heterocycles. The minimum Gasteiger partial charge on any atom is -0.453 e. The number of rotatable bonds is 6. The summed E-state index contributed by atoms with van der Waals surface area (Å²) in [5.41, 5.74) is 3.29. The standard InChI is InChI=1S/C23H28N2O4S/c1-29-23(26)25-14-6-11-21(24-30(27,28)20-12-13-20)22(25)16-17-7-5-10-19(15-17)18-8-3-2-4-9-18/h2-5,7-10,15,20-22,24H,6,11-14,16H2,1H3/t21-,22-/m0/s1. The van der Waals surface area contributed by atoms with Crippen molar-refractivity contribution in [1.82, 2.24) is 9.62 Å². The molecule has 1 aliphatic carbocycles. The molecule has 1 N–H and O–H groups in total. The summed E-state index contributed by atoms with van der Waals surface area (Å²) in [6.45, 7) is 0.567.